The molecule has 0 bridgehead atoms. The van der Waals surface area contributed by atoms with Crippen molar-refractivity contribution in [3.8, 4) is 5.75 Å². The first-order chi connectivity index (χ1) is 27.0. The van der Waals surface area contributed by atoms with E-state index in [4.69, 9.17) is 14.2 Å². The first-order valence-corrected chi connectivity index (χ1v) is 21.0. The SMILES string of the molecule is C=CC(=O)OCCCCCCCCCCCOc1ccc(/N=N/c2cc3sc(/N=N/c4ccc(N(CC)CCCCCCOC(=O)C=C)cc4)nc3s2)cc1. The molecule has 2 heterocycles. The molecule has 0 saturated carbocycles. The molecule has 2 aromatic heterocycles. The maximum atomic E-state index is 11.1. The molecule has 294 valence electrons. The number of carbonyl (C=O) groups is 2. The maximum Gasteiger partial charge on any atom is 0.330 e. The van der Waals surface area contributed by atoms with Crippen LogP contribution in [0.1, 0.15) is 90.4 Å². The van der Waals surface area contributed by atoms with Gasteiger partial charge >= 0.3 is 11.9 Å². The number of ether oxygens (including phenoxy) is 3. The second-order valence-corrected chi connectivity index (χ2v) is 14.9. The molecule has 4 rings (SSSR count). The molecule has 0 unspecified atom stereocenters. The highest BCUT2D eigenvalue weighted by Gasteiger charge is 2.09. The molecule has 0 N–H and O–H groups in total. The lowest BCUT2D eigenvalue weighted by Gasteiger charge is -2.23. The van der Waals surface area contributed by atoms with Gasteiger partial charge in [0.2, 0.25) is 5.13 Å². The summed E-state index contributed by atoms with van der Waals surface area (Å²) in [5, 5.41) is 19.0. The Bertz CT molecular complexity index is 1770. The topological polar surface area (TPSA) is 127 Å². The molecular formula is C42H54N6O5S2. The second kappa shape index (κ2) is 25.4. The molecule has 11 nitrogen and oxygen atoms in total. The van der Waals surface area contributed by atoms with Gasteiger partial charge in [-0.25, -0.2) is 14.6 Å². The summed E-state index contributed by atoms with van der Waals surface area (Å²) < 4.78 is 17.0. The lowest BCUT2D eigenvalue weighted by Crippen LogP contribution is -2.23. The number of rotatable bonds is 28. The number of carbonyl (C=O) groups excluding carboxylic acids is 2. The van der Waals surface area contributed by atoms with Crippen molar-refractivity contribution in [3.05, 3.63) is 79.9 Å². The van der Waals surface area contributed by atoms with Crippen LogP contribution in [-0.2, 0) is 19.1 Å². The number of benzene rings is 2. The fourth-order valence-electron chi connectivity index (χ4n) is 5.67. The number of hydrogen-bond donors (Lipinski definition) is 0. The third-order valence-electron chi connectivity index (χ3n) is 8.72. The summed E-state index contributed by atoms with van der Waals surface area (Å²) in [6.45, 7) is 12.5. The van der Waals surface area contributed by atoms with Gasteiger partial charge in [-0.1, -0.05) is 87.2 Å². The summed E-state index contributed by atoms with van der Waals surface area (Å²) in [7, 11) is 0. The number of unbranched alkanes of at least 4 members (excludes halogenated alkanes) is 11. The highest BCUT2D eigenvalue weighted by molar-refractivity contribution is 7.30. The number of thiazole rings is 1. The van der Waals surface area contributed by atoms with Crippen LogP contribution in [0.25, 0.3) is 9.53 Å². The first-order valence-electron chi connectivity index (χ1n) is 19.4. The minimum absolute atomic E-state index is 0.338. The van der Waals surface area contributed by atoms with Crippen molar-refractivity contribution in [2.24, 2.45) is 20.5 Å². The Balaban J connectivity index is 1.09. The monoisotopic (exact) mass is 786 g/mol. The fourth-order valence-corrected chi connectivity index (χ4v) is 7.52. The lowest BCUT2D eigenvalue weighted by atomic mass is 10.1. The minimum atomic E-state index is -0.359. The molecule has 55 heavy (non-hydrogen) atoms. The average molecular weight is 787 g/mol. The summed E-state index contributed by atoms with van der Waals surface area (Å²) >= 11 is 2.96. The van der Waals surface area contributed by atoms with Crippen LogP contribution in [0, 0.1) is 0 Å². The quantitative estimate of drug-likeness (QED) is 0.0243. The normalized spacial score (nSPS) is 11.4. The zero-order valence-corrected chi connectivity index (χ0v) is 33.7. The van der Waals surface area contributed by atoms with E-state index in [0.29, 0.717) is 25.0 Å². The van der Waals surface area contributed by atoms with Gasteiger partial charge in [0.05, 0.1) is 35.9 Å². The Morgan fingerprint density at radius 2 is 1.20 bits per heavy atom. The molecule has 0 aliphatic heterocycles. The van der Waals surface area contributed by atoms with Gasteiger partial charge in [-0.3, -0.25) is 0 Å². The Morgan fingerprint density at radius 1 is 0.673 bits per heavy atom. The summed E-state index contributed by atoms with van der Waals surface area (Å²) in [6, 6.07) is 17.8. The molecular weight excluding hydrogens is 733 g/mol. The molecule has 0 aliphatic carbocycles. The zero-order valence-electron chi connectivity index (χ0n) is 32.0. The number of esters is 2. The Labute approximate surface area is 333 Å². The van der Waals surface area contributed by atoms with Crippen LogP contribution in [0.15, 0.2) is 100 Å². The van der Waals surface area contributed by atoms with Crippen LogP contribution >= 0.6 is 22.7 Å². The van der Waals surface area contributed by atoms with Gasteiger partial charge in [0.1, 0.15) is 15.6 Å². The molecule has 0 spiro atoms. The van der Waals surface area contributed by atoms with Crippen LogP contribution in [0.2, 0.25) is 0 Å². The number of hydrogen-bond acceptors (Lipinski definition) is 13. The van der Waals surface area contributed by atoms with Gasteiger partial charge in [-0.15, -0.1) is 20.5 Å². The number of azo groups is 2. The van der Waals surface area contributed by atoms with E-state index in [1.165, 1.54) is 66.9 Å². The van der Waals surface area contributed by atoms with E-state index < -0.39 is 0 Å². The average Bonchev–Trinajstić information content (AvgIpc) is 3.78. The molecule has 13 heteroatoms. The van der Waals surface area contributed by atoms with Crippen molar-refractivity contribution in [3.63, 3.8) is 0 Å². The highest BCUT2D eigenvalue weighted by atomic mass is 32.1. The number of nitrogens with zero attached hydrogens (tertiary/aromatic N) is 6. The minimum Gasteiger partial charge on any atom is -0.494 e. The number of anilines is 1. The van der Waals surface area contributed by atoms with Crippen molar-refractivity contribution in [1.29, 1.82) is 0 Å². The van der Waals surface area contributed by atoms with E-state index in [1.807, 2.05) is 42.5 Å². The Hall–Kier alpha value is -4.75. The van der Waals surface area contributed by atoms with Crippen LogP contribution in [0.4, 0.5) is 27.2 Å². The molecule has 0 aliphatic rings. The predicted molar refractivity (Wildman–Crippen MR) is 224 cm³/mol. The molecule has 2 aromatic carbocycles. The van der Waals surface area contributed by atoms with E-state index in [2.05, 4.69) is 62.6 Å². The van der Waals surface area contributed by atoms with Gasteiger partial charge in [0, 0.05) is 30.9 Å². The number of fused-ring (bicyclic) bond motifs is 1. The van der Waals surface area contributed by atoms with Gasteiger partial charge in [0.15, 0.2) is 0 Å². The van der Waals surface area contributed by atoms with Crippen molar-refractivity contribution in [2.45, 2.75) is 90.4 Å². The Kier molecular flexibility index (Phi) is 19.8. The smallest absolute Gasteiger partial charge is 0.330 e. The van der Waals surface area contributed by atoms with Gasteiger partial charge in [-0.2, -0.15) is 0 Å². The van der Waals surface area contributed by atoms with E-state index >= 15 is 0 Å². The maximum absolute atomic E-state index is 11.1. The van der Waals surface area contributed by atoms with Crippen LogP contribution in [0.3, 0.4) is 0 Å². The van der Waals surface area contributed by atoms with E-state index in [0.717, 1.165) is 102 Å². The number of aromatic nitrogens is 1. The number of thiophene rings is 1. The van der Waals surface area contributed by atoms with E-state index in [1.54, 1.807) is 0 Å². The van der Waals surface area contributed by atoms with Gasteiger partial charge in [0.25, 0.3) is 0 Å². The predicted octanol–water partition coefficient (Wildman–Crippen LogP) is 12.9. The van der Waals surface area contributed by atoms with Crippen molar-refractivity contribution in [1.82, 2.24) is 4.98 Å². The molecule has 0 fully saturated rings. The lowest BCUT2D eigenvalue weighted by molar-refractivity contribution is -0.138. The fraction of sp³-hybridized carbons (Fsp3) is 0.452. The van der Waals surface area contributed by atoms with Gasteiger partial charge < -0.3 is 19.1 Å². The largest absolute Gasteiger partial charge is 0.494 e. The van der Waals surface area contributed by atoms with Crippen LogP contribution in [0.5, 0.6) is 5.75 Å². The summed E-state index contributed by atoms with van der Waals surface area (Å²) in [4.78, 5) is 30.0. The summed E-state index contributed by atoms with van der Waals surface area (Å²) in [6.07, 6.45) is 16.8. The standard InChI is InChI=1S/C42H54N6O5S2/c1-4-39(49)52-30-18-14-11-9-7-8-10-13-17-29-51-36-26-22-34(23-27-36)44-46-38-32-37-41(55-38)43-42(54-37)47-45-33-20-24-35(25-21-33)48(6-3)28-16-12-15-19-31-53-40(50)5-2/h4-5,20-27,32H,1-2,6-19,28-31H2,3H3/b46-44+,47-45+. The molecule has 4 aromatic rings. The van der Waals surface area contributed by atoms with Gasteiger partial charge in [-0.05, 0) is 93.6 Å². The van der Waals surface area contributed by atoms with Crippen LogP contribution < -0.4 is 9.64 Å². The molecule has 0 amide bonds. The highest BCUT2D eigenvalue weighted by Crippen LogP contribution is 2.39. The molecule has 0 radical (unpaired) electrons. The second-order valence-electron chi connectivity index (χ2n) is 12.9. The van der Waals surface area contributed by atoms with Crippen molar-refractivity contribution in [2.75, 3.05) is 37.8 Å². The van der Waals surface area contributed by atoms with Crippen LogP contribution in [-0.4, -0.2) is 49.8 Å². The summed E-state index contributed by atoms with van der Waals surface area (Å²) in [5.41, 5.74) is 2.69. The third-order valence-corrected chi connectivity index (χ3v) is 10.6. The Morgan fingerprint density at radius 3 is 1.76 bits per heavy atom. The first kappa shape index (κ1) is 43.0. The molecule has 0 atom stereocenters. The molecule has 0 saturated heterocycles. The van der Waals surface area contributed by atoms with E-state index in [9.17, 15) is 9.59 Å². The zero-order chi connectivity index (χ0) is 38.9. The third kappa shape index (κ3) is 16.7. The van der Waals surface area contributed by atoms with Crippen molar-refractivity contribution >= 4 is 71.3 Å². The summed E-state index contributed by atoms with van der Waals surface area (Å²) in [5.74, 6) is 0.140. The van der Waals surface area contributed by atoms with E-state index in [-0.39, 0.29) is 11.9 Å². The van der Waals surface area contributed by atoms with Crippen molar-refractivity contribution < 1.29 is 23.8 Å².